The van der Waals surface area contributed by atoms with E-state index in [1.165, 1.54) is 29.8 Å². The number of aromatic nitrogens is 2. The first kappa shape index (κ1) is 17.8. The van der Waals surface area contributed by atoms with Crippen LogP contribution in [-0.2, 0) is 17.1 Å². The van der Waals surface area contributed by atoms with Gasteiger partial charge in [-0.1, -0.05) is 12.1 Å². The van der Waals surface area contributed by atoms with E-state index in [0.717, 1.165) is 0 Å². The van der Waals surface area contributed by atoms with E-state index in [0.29, 0.717) is 28.4 Å². The molecule has 0 unspecified atom stereocenters. The molecule has 0 spiro atoms. The highest BCUT2D eigenvalue weighted by Crippen LogP contribution is 2.25. The average molecular weight is 397 g/mol. The van der Waals surface area contributed by atoms with Gasteiger partial charge >= 0.3 is 5.76 Å². The van der Waals surface area contributed by atoms with E-state index in [4.69, 9.17) is 9.15 Å². The van der Waals surface area contributed by atoms with Crippen molar-refractivity contribution >= 4 is 26.8 Å². The van der Waals surface area contributed by atoms with Gasteiger partial charge in [0.05, 0.1) is 16.1 Å². The van der Waals surface area contributed by atoms with Crippen molar-refractivity contribution in [3.05, 3.63) is 77.4 Å². The van der Waals surface area contributed by atoms with Gasteiger partial charge in [-0.3, -0.25) is 9.29 Å². The van der Waals surface area contributed by atoms with Crippen LogP contribution in [0.5, 0.6) is 11.6 Å². The van der Waals surface area contributed by atoms with Crippen LogP contribution in [0.25, 0.3) is 11.1 Å². The Hall–Kier alpha value is -3.59. The fraction of sp³-hybridized carbons (Fsp3) is 0.0526. The van der Waals surface area contributed by atoms with E-state index in [2.05, 4.69) is 9.71 Å². The number of fused-ring (bicyclic) bond motifs is 1. The monoisotopic (exact) mass is 397 g/mol. The molecule has 0 saturated carbocycles. The highest BCUT2D eigenvalue weighted by atomic mass is 32.2. The normalized spacial score (nSPS) is 11.5. The third kappa shape index (κ3) is 3.47. The number of benzene rings is 2. The van der Waals surface area contributed by atoms with Crippen LogP contribution in [0.1, 0.15) is 0 Å². The quantitative estimate of drug-likeness (QED) is 0.555. The van der Waals surface area contributed by atoms with Gasteiger partial charge in [0.25, 0.3) is 10.0 Å². The van der Waals surface area contributed by atoms with Crippen LogP contribution in [0.2, 0.25) is 0 Å². The van der Waals surface area contributed by atoms with Crippen LogP contribution in [0.3, 0.4) is 0 Å². The summed E-state index contributed by atoms with van der Waals surface area (Å²) in [5.74, 6) is 0.275. The molecule has 142 valence electrons. The van der Waals surface area contributed by atoms with Gasteiger partial charge in [-0.25, -0.2) is 18.2 Å². The third-order valence-electron chi connectivity index (χ3n) is 4.02. The molecule has 28 heavy (non-hydrogen) atoms. The van der Waals surface area contributed by atoms with Gasteiger partial charge in [0.1, 0.15) is 5.75 Å². The molecule has 0 atom stereocenters. The van der Waals surface area contributed by atoms with E-state index in [9.17, 15) is 13.2 Å². The Morgan fingerprint density at radius 1 is 1.07 bits per heavy atom. The number of hydrogen-bond acceptors (Lipinski definition) is 6. The molecule has 8 nitrogen and oxygen atoms in total. The first-order chi connectivity index (χ1) is 13.4. The molecule has 2 aromatic carbocycles. The van der Waals surface area contributed by atoms with E-state index in [1.54, 1.807) is 48.7 Å². The van der Waals surface area contributed by atoms with Crippen molar-refractivity contribution in [3.8, 4) is 11.6 Å². The summed E-state index contributed by atoms with van der Waals surface area (Å²) in [6.45, 7) is 0. The minimum atomic E-state index is -3.88. The van der Waals surface area contributed by atoms with Crippen LogP contribution in [0, 0.1) is 0 Å². The second-order valence-corrected chi connectivity index (χ2v) is 7.64. The largest absolute Gasteiger partial charge is 0.439 e. The number of nitrogens with zero attached hydrogens (tertiary/aromatic N) is 2. The summed E-state index contributed by atoms with van der Waals surface area (Å²) in [6.07, 6.45) is 1.60. The van der Waals surface area contributed by atoms with E-state index < -0.39 is 15.8 Å². The number of nitrogens with one attached hydrogen (secondary N) is 1. The predicted octanol–water partition coefficient (Wildman–Crippen LogP) is 3.12. The zero-order valence-electron chi connectivity index (χ0n) is 14.7. The lowest BCUT2D eigenvalue weighted by Gasteiger charge is -2.10. The Morgan fingerprint density at radius 3 is 2.71 bits per heavy atom. The van der Waals surface area contributed by atoms with Crippen molar-refractivity contribution in [2.75, 3.05) is 4.72 Å². The number of hydrogen-bond donors (Lipinski definition) is 1. The summed E-state index contributed by atoms with van der Waals surface area (Å²) >= 11 is 0. The van der Waals surface area contributed by atoms with Crippen molar-refractivity contribution in [3.63, 3.8) is 0 Å². The summed E-state index contributed by atoms with van der Waals surface area (Å²) in [5, 5.41) is 0. The van der Waals surface area contributed by atoms with Crippen LogP contribution in [0.15, 0.2) is 81.0 Å². The van der Waals surface area contributed by atoms with Gasteiger partial charge in [-0.15, -0.1) is 0 Å². The second-order valence-electron chi connectivity index (χ2n) is 5.96. The maximum Gasteiger partial charge on any atom is 0.419 e. The fourth-order valence-electron chi connectivity index (χ4n) is 2.64. The molecule has 0 aliphatic heterocycles. The summed E-state index contributed by atoms with van der Waals surface area (Å²) in [4.78, 5) is 15.7. The number of aryl methyl sites for hydroxylation is 1. The molecule has 0 bridgehead atoms. The van der Waals surface area contributed by atoms with Crippen molar-refractivity contribution in [1.29, 1.82) is 0 Å². The van der Waals surface area contributed by atoms with Gasteiger partial charge in [-0.05, 0) is 36.4 Å². The van der Waals surface area contributed by atoms with Crippen LogP contribution < -0.4 is 15.2 Å². The number of oxazole rings is 1. The number of sulfonamides is 1. The van der Waals surface area contributed by atoms with Crippen LogP contribution >= 0.6 is 0 Å². The van der Waals surface area contributed by atoms with Crippen LogP contribution in [0.4, 0.5) is 5.69 Å². The predicted molar refractivity (Wildman–Crippen MR) is 103 cm³/mol. The van der Waals surface area contributed by atoms with Gasteiger partial charge in [-0.2, -0.15) is 0 Å². The lowest BCUT2D eigenvalue weighted by Crippen LogP contribution is -2.13. The number of rotatable bonds is 5. The molecule has 0 aliphatic carbocycles. The standard InChI is InChI=1S/C19H15N3O5S/c1-22-16-12-15(8-9-17(16)27-19(22)23)28(24,25)21-13-5-4-6-14(11-13)26-18-7-2-3-10-20-18/h2-12,21H,1H3. The first-order valence-electron chi connectivity index (χ1n) is 8.24. The number of anilines is 1. The molecule has 4 rings (SSSR count). The first-order valence-corrected chi connectivity index (χ1v) is 9.72. The van der Waals surface area contributed by atoms with Crippen molar-refractivity contribution < 1.29 is 17.6 Å². The summed E-state index contributed by atoms with van der Waals surface area (Å²) in [7, 11) is -2.37. The lowest BCUT2D eigenvalue weighted by atomic mass is 10.3. The molecule has 4 aromatic rings. The fourth-order valence-corrected chi connectivity index (χ4v) is 3.71. The van der Waals surface area contributed by atoms with Crippen LogP contribution in [-0.4, -0.2) is 18.0 Å². The van der Waals surface area contributed by atoms with Gasteiger partial charge in [0.2, 0.25) is 5.88 Å². The topological polar surface area (TPSA) is 103 Å². The van der Waals surface area contributed by atoms with Gasteiger partial charge in [0, 0.05) is 25.4 Å². The molecule has 0 aliphatic rings. The molecule has 0 amide bonds. The zero-order valence-corrected chi connectivity index (χ0v) is 15.5. The lowest BCUT2D eigenvalue weighted by molar-refractivity contribution is 0.463. The number of ether oxygens (including phenoxy) is 1. The Morgan fingerprint density at radius 2 is 1.93 bits per heavy atom. The van der Waals surface area contributed by atoms with Crippen molar-refractivity contribution in [2.24, 2.45) is 7.05 Å². The molecular weight excluding hydrogens is 382 g/mol. The molecule has 0 radical (unpaired) electrons. The Labute approximate surface area is 160 Å². The minimum Gasteiger partial charge on any atom is -0.439 e. The highest BCUT2D eigenvalue weighted by Gasteiger charge is 2.17. The van der Waals surface area contributed by atoms with Crippen molar-refractivity contribution in [2.45, 2.75) is 4.90 Å². The third-order valence-corrected chi connectivity index (χ3v) is 5.40. The van der Waals surface area contributed by atoms with E-state index in [1.807, 2.05) is 0 Å². The smallest absolute Gasteiger partial charge is 0.419 e. The molecule has 0 saturated heterocycles. The van der Waals surface area contributed by atoms with E-state index in [-0.39, 0.29) is 4.90 Å². The summed E-state index contributed by atoms with van der Waals surface area (Å²) in [6, 6.07) is 16.0. The summed E-state index contributed by atoms with van der Waals surface area (Å²) < 4.78 is 39.9. The van der Waals surface area contributed by atoms with Crippen molar-refractivity contribution in [1.82, 2.24) is 9.55 Å². The summed E-state index contributed by atoms with van der Waals surface area (Å²) in [5.41, 5.74) is 1.03. The maximum absolute atomic E-state index is 12.8. The molecule has 1 N–H and O–H groups in total. The molecule has 2 aromatic heterocycles. The number of pyridine rings is 1. The van der Waals surface area contributed by atoms with Gasteiger partial charge in [0.15, 0.2) is 5.58 Å². The zero-order chi connectivity index (χ0) is 19.7. The highest BCUT2D eigenvalue weighted by molar-refractivity contribution is 7.92. The minimum absolute atomic E-state index is 0.00690. The molecule has 9 heteroatoms. The maximum atomic E-state index is 12.8. The Bertz CT molecular complexity index is 1310. The average Bonchev–Trinajstić information content (AvgIpc) is 2.96. The van der Waals surface area contributed by atoms with E-state index >= 15 is 0 Å². The second kappa shape index (κ2) is 6.86. The SMILES string of the molecule is Cn1c(=O)oc2ccc(S(=O)(=O)Nc3cccc(Oc4ccccn4)c3)cc21. The molecule has 2 heterocycles. The molecule has 0 fully saturated rings. The molecular formula is C19H15N3O5S. The Kier molecular flexibility index (Phi) is 4.36. The van der Waals surface area contributed by atoms with Gasteiger partial charge < -0.3 is 9.15 Å². The Balaban J connectivity index is 1.62.